The van der Waals surface area contributed by atoms with Gasteiger partial charge in [0.1, 0.15) is 49.4 Å². The minimum absolute atomic E-state index is 0.0786. The molecule has 3 fully saturated rings. The van der Waals surface area contributed by atoms with E-state index in [2.05, 4.69) is 68.2 Å². The number of piperidine rings is 1. The fourth-order valence-electron chi connectivity index (χ4n) is 10.2. The molecule has 3 atom stereocenters. The van der Waals surface area contributed by atoms with Crippen LogP contribution in [-0.4, -0.2) is 104 Å². The third-order valence-electron chi connectivity index (χ3n) is 12.8. The van der Waals surface area contributed by atoms with Crippen molar-refractivity contribution in [3.8, 4) is 34.5 Å². The zero-order valence-corrected chi connectivity index (χ0v) is 36.0. The fourth-order valence-corrected chi connectivity index (χ4v) is 15.4. The number of hydrogen-bond acceptors (Lipinski definition) is 9. The van der Waals surface area contributed by atoms with Crippen LogP contribution < -0.4 is 19.7 Å². The number of rotatable bonds is 12. The Morgan fingerprint density at radius 1 is 1.05 bits per heavy atom. The molecule has 0 bridgehead atoms. The first kappa shape index (κ1) is 42.5. The van der Waals surface area contributed by atoms with Crippen molar-refractivity contribution < 1.29 is 37.3 Å². The lowest BCUT2D eigenvalue weighted by molar-refractivity contribution is 0.0512. The number of nitrogens with zero attached hydrogens (tertiary/aromatic N) is 5. The number of halogens is 3. The highest BCUT2D eigenvalue weighted by Crippen LogP contribution is 2.44. The predicted octanol–water partition coefficient (Wildman–Crippen LogP) is 8.87. The first-order chi connectivity index (χ1) is 28.2. The molecular formula is C44H55F3N6O5Si. The standard InChI is InChI=1S/C44H55F3N6O5Si/c1-26(2)59(27(3)4,28(5)6)17-13-33-36(46)12-11-29-18-32(58-25-56-7)19-34(37(29)33)39-38(47)40-35(21-48-39)41(52-15-8-10-31(23-52)49-43(54)55)51-42(50-40)57-24-44-14-9-16-53(44)22-30(45)20-44/h11-12,18-19,21,26-28,30-31,49H,8-10,14-16,20,22-25H2,1-7H3,(H,54,55)/t30-,31+,44+/m1/s1. The molecule has 0 unspecified atom stereocenters. The molecule has 316 valence electrons. The first-order valence-electron chi connectivity index (χ1n) is 20.7. The third kappa shape index (κ3) is 8.15. The molecular weight excluding hydrogens is 778 g/mol. The monoisotopic (exact) mass is 832 g/mol. The van der Waals surface area contributed by atoms with E-state index in [9.17, 15) is 14.3 Å². The molecule has 1 amide bonds. The number of fused-ring (bicyclic) bond motifs is 3. The second-order valence-corrected chi connectivity index (χ2v) is 22.9. The summed E-state index contributed by atoms with van der Waals surface area (Å²) < 4.78 is 65.9. The summed E-state index contributed by atoms with van der Waals surface area (Å²) in [4.78, 5) is 29.7. The zero-order chi connectivity index (χ0) is 42.2. The van der Waals surface area contributed by atoms with E-state index in [0.29, 0.717) is 76.7 Å². The third-order valence-corrected chi connectivity index (χ3v) is 19.1. The summed E-state index contributed by atoms with van der Waals surface area (Å²) in [6, 6.07) is 5.89. The summed E-state index contributed by atoms with van der Waals surface area (Å²) in [6.45, 7) is 15.1. The van der Waals surface area contributed by atoms with Gasteiger partial charge in [-0.25, -0.2) is 18.0 Å². The molecule has 3 aliphatic heterocycles. The Morgan fingerprint density at radius 2 is 1.81 bits per heavy atom. The molecule has 11 nitrogen and oxygen atoms in total. The molecule has 5 heterocycles. The molecule has 4 aromatic rings. The van der Waals surface area contributed by atoms with E-state index >= 15 is 8.78 Å². The van der Waals surface area contributed by atoms with Gasteiger partial charge in [-0.05, 0) is 72.4 Å². The van der Waals surface area contributed by atoms with E-state index in [1.807, 2.05) is 4.90 Å². The van der Waals surface area contributed by atoms with Crippen molar-refractivity contribution in [3.63, 3.8) is 0 Å². The number of aromatic nitrogens is 3. The van der Waals surface area contributed by atoms with E-state index in [4.69, 9.17) is 24.2 Å². The Labute approximate surface area is 345 Å². The molecule has 0 saturated carbocycles. The average Bonchev–Trinajstić information content (AvgIpc) is 3.72. The normalized spacial score (nSPS) is 21.1. The maximum atomic E-state index is 17.6. The second-order valence-electron chi connectivity index (χ2n) is 17.3. The van der Waals surface area contributed by atoms with Crippen molar-refractivity contribution in [2.24, 2.45) is 0 Å². The number of hydrogen-bond donors (Lipinski definition) is 2. The zero-order valence-electron chi connectivity index (χ0n) is 35.0. The van der Waals surface area contributed by atoms with E-state index in [1.54, 1.807) is 18.2 Å². The number of alkyl halides is 1. The molecule has 7 rings (SSSR count). The molecule has 3 saturated heterocycles. The maximum Gasteiger partial charge on any atom is 0.404 e. The van der Waals surface area contributed by atoms with Crippen molar-refractivity contribution in [2.45, 2.75) is 108 Å². The predicted molar refractivity (Wildman–Crippen MR) is 226 cm³/mol. The van der Waals surface area contributed by atoms with Crippen LogP contribution in [0.3, 0.4) is 0 Å². The Bertz CT molecular complexity index is 2260. The number of nitrogens with one attached hydrogen (secondary N) is 1. The highest BCUT2D eigenvalue weighted by Gasteiger charge is 2.49. The second kappa shape index (κ2) is 17.1. The lowest BCUT2D eigenvalue weighted by Crippen LogP contribution is -2.47. The van der Waals surface area contributed by atoms with Crippen molar-refractivity contribution in [2.75, 3.05) is 51.6 Å². The lowest BCUT2D eigenvalue weighted by atomic mass is 9.95. The number of methoxy groups -OCH3 is 1. The van der Waals surface area contributed by atoms with Gasteiger partial charge in [-0.2, -0.15) is 9.97 Å². The van der Waals surface area contributed by atoms with E-state index in [-0.39, 0.29) is 48.3 Å². The summed E-state index contributed by atoms with van der Waals surface area (Å²) in [5, 5.41) is 13.3. The van der Waals surface area contributed by atoms with Gasteiger partial charge in [0.25, 0.3) is 0 Å². The highest BCUT2D eigenvalue weighted by molar-refractivity contribution is 6.90. The molecule has 0 radical (unpaired) electrons. The minimum atomic E-state index is -2.32. The molecule has 59 heavy (non-hydrogen) atoms. The first-order valence-corrected chi connectivity index (χ1v) is 22.9. The summed E-state index contributed by atoms with van der Waals surface area (Å²) in [7, 11) is -0.826. The number of pyridine rings is 1. The van der Waals surface area contributed by atoms with Crippen LogP contribution >= 0.6 is 0 Å². The summed E-state index contributed by atoms with van der Waals surface area (Å²) in [5.74, 6) is 2.68. The van der Waals surface area contributed by atoms with Crippen LogP contribution in [0.15, 0.2) is 30.5 Å². The summed E-state index contributed by atoms with van der Waals surface area (Å²) >= 11 is 0. The van der Waals surface area contributed by atoms with Crippen LogP contribution in [0.25, 0.3) is 32.9 Å². The Morgan fingerprint density at radius 3 is 2.53 bits per heavy atom. The fraction of sp³-hybridized carbons (Fsp3) is 0.545. The highest BCUT2D eigenvalue weighted by atomic mass is 28.3. The number of anilines is 1. The molecule has 3 aliphatic rings. The van der Waals surface area contributed by atoms with Crippen molar-refractivity contribution in [3.05, 3.63) is 47.7 Å². The smallest absolute Gasteiger partial charge is 0.404 e. The van der Waals surface area contributed by atoms with Gasteiger partial charge in [-0.15, -0.1) is 5.54 Å². The van der Waals surface area contributed by atoms with Crippen LogP contribution in [0.4, 0.5) is 23.8 Å². The van der Waals surface area contributed by atoms with E-state index < -0.39 is 43.6 Å². The number of amides is 1. The van der Waals surface area contributed by atoms with Crippen molar-refractivity contribution in [1.29, 1.82) is 0 Å². The Hall–Kier alpha value is -4.65. The molecule has 0 spiro atoms. The van der Waals surface area contributed by atoms with Crippen LogP contribution in [0.1, 0.15) is 79.2 Å². The topological polar surface area (TPSA) is 122 Å². The van der Waals surface area contributed by atoms with Gasteiger partial charge >= 0.3 is 12.1 Å². The SMILES string of the molecule is COCOc1cc(-c2ncc3c(N4CCC[C@H](NC(=O)O)C4)nc(OC[C@@]45CCCN4C[C@H](F)C5)nc3c2F)c2c(C#C[Si](C(C)C)(C(C)C)C(C)C)c(F)ccc2c1. The van der Waals surface area contributed by atoms with Gasteiger partial charge in [0.15, 0.2) is 12.6 Å². The van der Waals surface area contributed by atoms with Gasteiger partial charge in [0, 0.05) is 56.4 Å². The van der Waals surface area contributed by atoms with Crippen LogP contribution in [0.5, 0.6) is 11.8 Å². The molecule has 2 N–H and O–H groups in total. The quantitative estimate of drug-likeness (QED) is 0.0814. The van der Waals surface area contributed by atoms with Gasteiger partial charge in [0.2, 0.25) is 0 Å². The number of carboxylic acid groups (broad SMARTS) is 1. The lowest BCUT2D eigenvalue weighted by Gasteiger charge is -2.38. The van der Waals surface area contributed by atoms with E-state index in [1.165, 1.54) is 19.4 Å². The average molecular weight is 833 g/mol. The Kier molecular flexibility index (Phi) is 12.3. The van der Waals surface area contributed by atoms with Crippen molar-refractivity contribution >= 4 is 41.7 Å². The number of ether oxygens (including phenoxy) is 3. The maximum absolute atomic E-state index is 17.6. The Balaban J connectivity index is 1.42. The van der Waals surface area contributed by atoms with Gasteiger partial charge < -0.3 is 29.5 Å². The van der Waals surface area contributed by atoms with Gasteiger partial charge in [-0.3, -0.25) is 9.88 Å². The molecule has 15 heteroatoms. The summed E-state index contributed by atoms with van der Waals surface area (Å²) in [6.07, 6.45) is 2.68. The van der Waals surface area contributed by atoms with Gasteiger partial charge in [-0.1, -0.05) is 53.5 Å². The molecule has 2 aromatic heterocycles. The van der Waals surface area contributed by atoms with Gasteiger partial charge in [0.05, 0.1) is 16.5 Å². The van der Waals surface area contributed by atoms with Crippen molar-refractivity contribution in [1.82, 2.24) is 25.2 Å². The van der Waals surface area contributed by atoms with E-state index in [0.717, 1.165) is 19.4 Å². The number of carbonyl (C=O) groups is 1. The van der Waals surface area contributed by atoms with Crippen LogP contribution in [0.2, 0.25) is 16.6 Å². The van der Waals surface area contributed by atoms with Crippen LogP contribution in [0, 0.1) is 23.1 Å². The summed E-state index contributed by atoms with van der Waals surface area (Å²) in [5.41, 5.74) is 4.26. The number of benzene rings is 2. The van der Waals surface area contributed by atoms with Crippen LogP contribution in [-0.2, 0) is 4.74 Å². The largest absolute Gasteiger partial charge is 0.468 e. The molecule has 0 aliphatic carbocycles. The minimum Gasteiger partial charge on any atom is -0.468 e. The molecule has 2 aromatic carbocycles.